The summed E-state index contributed by atoms with van der Waals surface area (Å²) in [6.07, 6.45) is 0. The van der Waals surface area contributed by atoms with Gasteiger partial charge in [-0.1, -0.05) is 183 Å². The predicted octanol–water partition coefficient (Wildman–Crippen LogP) is 17.9. The summed E-state index contributed by atoms with van der Waals surface area (Å²) < 4.78 is 43.5. The van der Waals surface area contributed by atoms with E-state index in [0.29, 0.717) is 17.2 Å². The first-order valence-corrected chi connectivity index (χ1v) is 25.6. The Morgan fingerprint density at radius 1 is 0.328 bits per heavy atom. The van der Waals surface area contributed by atoms with Gasteiger partial charge in [-0.05, 0) is 137 Å². The number of aryl methyl sites for hydroxylation is 4. The maximum Gasteiger partial charge on any atom is 0.530 e. The Balaban J connectivity index is 1.46. The van der Waals surface area contributed by atoms with E-state index in [4.69, 9.17) is 27.1 Å². The molecule has 7 rings (SSSR count). The summed E-state index contributed by atoms with van der Waals surface area (Å²) in [5.74, 6) is 4.10. The van der Waals surface area contributed by atoms with Crippen LogP contribution in [0.5, 0.6) is 28.7 Å². The van der Waals surface area contributed by atoms with E-state index in [1.54, 1.807) is 0 Å². The van der Waals surface area contributed by atoms with Crippen molar-refractivity contribution < 1.29 is 27.1 Å². The molecule has 0 heterocycles. The minimum Gasteiger partial charge on any atom is -0.417 e. The third-order valence-electron chi connectivity index (χ3n) is 11.9. The number of benzene rings is 7. The first kappa shape index (κ1) is 49.3. The van der Waals surface area contributed by atoms with Crippen LogP contribution in [0.3, 0.4) is 0 Å². The Hall–Kier alpha value is -5.64. The molecule has 0 bridgehead atoms. The van der Waals surface area contributed by atoms with Gasteiger partial charge in [0.1, 0.15) is 28.7 Å². The molecular weight excluding hydrogens is 867 g/mol. The molecule has 0 aliphatic rings. The Morgan fingerprint density at radius 2 is 0.627 bits per heavy atom. The molecule has 0 saturated heterocycles. The molecule has 8 heteroatoms. The van der Waals surface area contributed by atoms with Gasteiger partial charge >= 0.3 is 17.2 Å². The topological polar surface area (TPSA) is 55.4 Å². The van der Waals surface area contributed by atoms with Crippen LogP contribution in [0.15, 0.2) is 158 Å². The molecule has 0 amide bonds. The van der Waals surface area contributed by atoms with E-state index >= 15 is 0 Å². The molecule has 67 heavy (non-hydrogen) atoms. The second kappa shape index (κ2) is 22.0. The third-order valence-corrected chi connectivity index (χ3v) is 14.0. The largest absolute Gasteiger partial charge is 0.530 e. The van der Waals surface area contributed by atoms with E-state index < -0.39 is 22.8 Å². The average molecular weight is 933 g/mol. The van der Waals surface area contributed by atoms with Gasteiger partial charge in [-0.3, -0.25) is 4.52 Å². The molecule has 0 N–H and O–H groups in total. The number of hydrogen-bond acceptors (Lipinski definition) is 6. The second-order valence-corrected chi connectivity index (χ2v) is 20.7. The Morgan fingerprint density at radius 3 is 0.970 bits per heavy atom. The summed E-state index contributed by atoms with van der Waals surface area (Å²) in [5.41, 5.74) is 9.58. The van der Waals surface area contributed by atoms with Crippen LogP contribution in [0.25, 0.3) is 0 Å². The maximum atomic E-state index is 7.81. The van der Waals surface area contributed by atoms with Crippen molar-refractivity contribution in [3.8, 4) is 28.7 Å². The van der Waals surface area contributed by atoms with Gasteiger partial charge in [0.2, 0.25) is 0 Å². The molecule has 6 nitrogen and oxygen atoms in total. The standard InChI is InChI=1S/C59H66O6P2/c1-39(2)49-31-27-43(9)35-55(49)61-66(62-56-36-44(10)28-32-50(56)40(3)4)60-54-26-20-19-25-53(54)59(47-21-15-13-16-22-47,48-23-17-14-18-24-48)65-67(63-57-37-45(11)29-33-51(57)41(5)6)64-58-38-46(12)30-34-52(58)42(7)8/h13-42H,1-12H3. The second-order valence-electron chi connectivity index (χ2n) is 18.7. The average Bonchev–Trinajstić information content (AvgIpc) is 3.28. The van der Waals surface area contributed by atoms with Gasteiger partial charge in [0.25, 0.3) is 0 Å². The van der Waals surface area contributed by atoms with Gasteiger partial charge in [-0.25, -0.2) is 0 Å². The quantitative estimate of drug-likeness (QED) is 0.0595. The summed E-state index contributed by atoms with van der Waals surface area (Å²) in [7, 11) is -4.38. The zero-order valence-electron chi connectivity index (χ0n) is 41.2. The molecule has 348 valence electrons. The van der Waals surface area contributed by atoms with E-state index in [0.717, 1.165) is 72.7 Å². The zero-order chi connectivity index (χ0) is 47.8. The lowest BCUT2D eigenvalue weighted by Gasteiger charge is -2.38. The maximum absolute atomic E-state index is 7.81. The van der Waals surface area contributed by atoms with E-state index in [2.05, 4.69) is 186 Å². The van der Waals surface area contributed by atoms with E-state index in [1.165, 1.54) is 0 Å². The molecular formula is C59H66O6P2. The molecule has 0 fully saturated rings. The first-order chi connectivity index (χ1) is 32.1. The highest BCUT2D eigenvalue weighted by molar-refractivity contribution is 7.43. The Kier molecular flexibility index (Phi) is 16.2. The number of para-hydroxylation sites is 1. The fourth-order valence-corrected chi connectivity index (χ4v) is 10.6. The molecule has 0 atom stereocenters. The Bertz CT molecular complexity index is 2570. The van der Waals surface area contributed by atoms with Crippen LogP contribution >= 0.6 is 17.2 Å². The lowest BCUT2D eigenvalue weighted by atomic mass is 9.80. The van der Waals surface area contributed by atoms with Gasteiger partial charge < -0.3 is 22.6 Å². The SMILES string of the molecule is Cc1ccc(C(C)C)c(OP(Oc2cc(C)ccc2C(C)C)Oc2ccccc2C(OP(Oc2cc(C)ccc2C(C)C)Oc2cc(C)ccc2C(C)C)(c2ccccc2)c2ccccc2)c1. The van der Waals surface area contributed by atoms with E-state index in [9.17, 15) is 0 Å². The minimum atomic E-state index is -2.23. The number of rotatable bonds is 19. The van der Waals surface area contributed by atoms with Crippen molar-refractivity contribution >= 4 is 17.2 Å². The molecule has 0 saturated carbocycles. The Labute approximate surface area is 402 Å². The van der Waals surface area contributed by atoms with Gasteiger partial charge in [-0.15, -0.1) is 0 Å². The van der Waals surface area contributed by atoms with Crippen LogP contribution in [-0.4, -0.2) is 0 Å². The van der Waals surface area contributed by atoms with Crippen LogP contribution < -0.4 is 22.6 Å². The molecule has 0 aliphatic carbocycles. The number of hydrogen-bond donors (Lipinski definition) is 0. The monoisotopic (exact) mass is 932 g/mol. The van der Waals surface area contributed by atoms with Crippen LogP contribution in [-0.2, 0) is 10.1 Å². The van der Waals surface area contributed by atoms with Crippen molar-refractivity contribution in [3.63, 3.8) is 0 Å². The fraction of sp³-hybridized carbons (Fsp3) is 0.288. The van der Waals surface area contributed by atoms with Gasteiger partial charge in [0, 0.05) is 5.56 Å². The molecule has 0 radical (unpaired) electrons. The summed E-state index contributed by atoms with van der Waals surface area (Å²) in [6.45, 7) is 25.7. The van der Waals surface area contributed by atoms with Crippen LogP contribution in [0.4, 0.5) is 0 Å². The molecule has 0 aromatic heterocycles. The van der Waals surface area contributed by atoms with Crippen LogP contribution in [0, 0.1) is 27.7 Å². The van der Waals surface area contributed by atoms with Crippen LogP contribution in [0.2, 0.25) is 0 Å². The van der Waals surface area contributed by atoms with Gasteiger partial charge in [0.05, 0.1) is 0 Å². The summed E-state index contributed by atoms with van der Waals surface area (Å²) >= 11 is 0. The molecule has 0 unspecified atom stereocenters. The van der Waals surface area contributed by atoms with Crippen LogP contribution in [0.1, 0.15) is 140 Å². The summed E-state index contributed by atoms with van der Waals surface area (Å²) in [5, 5.41) is 0. The highest BCUT2D eigenvalue weighted by atomic mass is 31.2. The van der Waals surface area contributed by atoms with Gasteiger partial charge in [-0.2, -0.15) is 0 Å². The normalized spacial score (nSPS) is 11.9. The van der Waals surface area contributed by atoms with Crippen molar-refractivity contribution in [2.24, 2.45) is 0 Å². The fourth-order valence-electron chi connectivity index (χ4n) is 8.23. The molecule has 7 aromatic carbocycles. The van der Waals surface area contributed by atoms with Crippen molar-refractivity contribution in [1.82, 2.24) is 0 Å². The highest BCUT2D eigenvalue weighted by Gasteiger charge is 2.46. The van der Waals surface area contributed by atoms with Gasteiger partial charge in [0.15, 0.2) is 5.60 Å². The van der Waals surface area contributed by atoms with E-state index in [-0.39, 0.29) is 23.7 Å². The smallest absolute Gasteiger partial charge is 0.417 e. The molecule has 0 spiro atoms. The molecule has 7 aromatic rings. The lowest BCUT2D eigenvalue weighted by Crippen LogP contribution is -2.33. The van der Waals surface area contributed by atoms with Crippen molar-refractivity contribution in [3.05, 3.63) is 219 Å². The highest BCUT2D eigenvalue weighted by Crippen LogP contribution is 2.57. The van der Waals surface area contributed by atoms with Crippen molar-refractivity contribution in [2.75, 3.05) is 0 Å². The zero-order valence-corrected chi connectivity index (χ0v) is 43.0. The minimum absolute atomic E-state index is 0.174. The predicted molar refractivity (Wildman–Crippen MR) is 278 cm³/mol. The van der Waals surface area contributed by atoms with Crippen molar-refractivity contribution in [1.29, 1.82) is 0 Å². The summed E-state index contributed by atoms with van der Waals surface area (Å²) in [4.78, 5) is 0. The first-order valence-electron chi connectivity index (χ1n) is 23.4. The lowest BCUT2D eigenvalue weighted by molar-refractivity contribution is 0.133. The van der Waals surface area contributed by atoms with Crippen molar-refractivity contribution in [2.45, 2.75) is 112 Å². The van der Waals surface area contributed by atoms with E-state index in [1.807, 2.05) is 54.6 Å². The third kappa shape index (κ3) is 11.7. The molecule has 0 aliphatic heterocycles. The summed E-state index contributed by atoms with van der Waals surface area (Å²) in [6, 6.07) is 53.9.